The lowest BCUT2D eigenvalue weighted by atomic mass is 10.1. The maximum atomic E-state index is 3.85. The summed E-state index contributed by atoms with van der Waals surface area (Å²) >= 11 is 3.85. The third-order valence-corrected chi connectivity index (χ3v) is 8.22. The topological polar surface area (TPSA) is 0 Å². The van der Waals surface area contributed by atoms with Gasteiger partial charge in [-0.05, 0) is 32.8 Å². The lowest BCUT2D eigenvalue weighted by Crippen LogP contribution is -2.32. The molecule has 0 radical (unpaired) electrons. The van der Waals surface area contributed by atoms with Crippen LogP contribution in [0.25, 0.3) is 11.1 Å². The maximum absolute atomic E-state index is 3.85. The lowest BCUT2D eigenvalue weighted by Gasteiger charge is -2.43. The van der Waals surface area contributed by atoms with E-state index in [1.54, 1.807) is 0 Å². The average Bonchev–Trinajstić information content (AvgIpc) is 2.39. The summed E-state index contributed by atoms with van der Waals surface area (Å²) in [6, 6.07) is 17.4. The molecular weight excluding hydrogens is 351 g/mol. The Morgan fingerprint density at radius 1 is 0.727 bits per heavy atom. The van der Waals surface area contributed by atoms with Crippen LogP contribution in [0.15, 0.2) is 53.0 Å². The van der Waals surface area contributed by atoms with Crippen LogP contribution < -0.4 is 5.30 Å². The van der Waals surface area contributed by atoms with Gasteiger partial charge in [-0.3, -0.25) is 0 Å². The third kappa shape index (κ3) is 3.81. The second-order valence-corrected chi connectivity index (χ2v) is 12.3. The number of hydrogen-bond acceptors (Lipinski definition) is 0. The molecule has 0 aliphatic heterocycles. The molecular formula is C20H26BrP. The highest BCUT2D eigenvalue weighted by atomic mass is 79.9. The van der Waals surface area contributed by atoms with E-state index in [-0.39, 0.29) is 18.2 Å². The second kappa shape index (κ2) is 6.46. The lowest BCUT2D eigenvalue weighted by molar-refractivity contribution is 0.715. The minimum absolute atomic E-state index is 0.251. The first-order valence-corrected chi connectivity index (χ1v) is 9.90. The molecule has 0 fully saturated rings. The Labute approximate surface area is 145 Å². The molecule has 0 heterocycles. The molecule has 2 aromatic carbocycles. The van der Waals surface area contributed by atoms with Crippen molar-refractivity contribution in [1.82, 2.24) is 0 Å². The molecule has 0 unspecified atom stereocenters. The van der Waals surface area contributed by atoms with Gasteiger partial charge in [0.05, 0.1) is 0 Å². The summed E-state index contributed by atoms with van der Waals surface area (Å²) < 4.78 is 1.24. The van der Waals surface area contributed by atoms with Crippen LogP contribution in [0.1, 0.15) is 41.5 Å². The fraction of sp³-hybridized carbons (Fsp3) is 0.400. The molecule has 2 heteroatoms. The first-order valence-electron chi connectivity index (χ1n) is 7.76. The van der Waals surface area contributed by atoms with Crippen molar-refractivity contribution in [2.75, 3.05) is 0 Å². The van der Waals surface area contributed by atoms with Gasteiger partial charge in [0.2, 0.25) is 0 Å². The van der Waals surface area contributed by atoms with Crippen molar-refractivity contribution in [3.8, 4) is 11.1 Å². The standard InChI is InChI=1S/C20H26BrP/c1-19(2,3)22(20(4,5)6)18-16(13-10-14-17(18)21)15-11-8-7-9-12-15/h7-14H,1-6H3. The SMILES string of the molecule is CC(C)(C)P(c1c(Br)cccc1-c1ccccc1)C(C)(C)C. The van der Waals surface area contributed by atoms with E-state index in [9.17, 15) is 0 Å². The fourth-order valence-corrected chi connectivity index (χ4v) is 8.26. The molecule has 2 rings (SSSR count). The van der Waals surface area contributed by atoms with Crippen molar-refractivity contribution >= 4 is 29.2 Å². The number of rotatable bonds is 2. The summed E-state index contributed by atoms with van der Waals surface area (Å²) in [5, 5.41) is 1.99. The van der Waals surface area contributed by atoms with Gasteiger partial charge in [0.1, 0.15) is 0 Å². The van der Waals surface area contributed by atoms with Crippen molar-refractivity contribution in [3.05, 3.63) is 53.0 Å². The molecule has 22 heavy (non-hydrogen) atoms. The molecule has 0 aliphatic carbocycles. The van der Waals surface area contributed by atoms with E-state index >= 15 is 0 Å². The van der Waals surface area contributed by atoms with Gasteiger partial charge in [-0.15, -0.1) is 0 Å². The van der Waals surface area contributed by atoms with E-state index in [2.05, 4.69) is 106 Å². The Kier molecular flexibility index (Phi) is 5.20. The fourth-order valence-electron chi connectivity index (χ4n) is 3.27. The summed E-state index contributed by atoms with van der Waals surface area (Å²) in [6.07, 6.45) is 0. The van der Waals surface area contributed by atoms with Crippen LogP contribution >= 0.6 is 23.9 Å². The molecule has 118 valence electrons. The Bertz CT molecular complexity index is 619. The van der Waals surface area contributed by atoms with Crippen LogP contribution in [-0.4, -0.2) is 10.3 Å². The Balaban J connectivity index is 2.73. The van der Waals surface area contributed by atoms with E-state index in [0.717, 1.165) is 0 Å². The van der Waals surface area contributed by atoms with E-state index in [4.69, 9.17) is 0 Å². The van der Waals surface area contributed by atoms with Crippen LogP contribution in [0.5, 0.6) is 0 Å². The summed E-state index contributed by atoms with van der Waals surface area (Å²) in [5.74, 6) is 0. The van der Waals surface area contributed by atoms with Gasteiger partial charge in [0, 0.05) is 4.47 Å². The van der Waals surface area contributed by atoms with Gasteiger partial charge < -0.3 is 0 Å². The average molecular weight is 377 g/mol. The van der Waals surface area contributed by atoms with Crippen LogP contribution in [-0.2, 0) is 0 Å². The number of benzene rings is 2. The zero-order valence-electron chi connectivity index (χ0n) is 14.4. The zero-order chi connectivity index (χ0) is 16.5. The van der Waals surface area contributed by atoms with Crippen LogP contribution in [0.2, 0.25) is 0 Å². The molecule has 0 spiro atoms. The van der Waals surface area contributed by atoms with E-state index in [1.807, 2.05) is 0 Å². The maximum Gasteiger partial charge on any atom is 0.0258 e. The van der Waals surface area contributed by atoms with E-state index in [0.29, 0.717) is 0 Å². The van der Waals surface area contributed by atoms with Gasteiger partial charge in [-0.2, -0.15) is 0 Å². The minimum Gasteiger partial charge on any atom is -0.0624 e. The van der Waals surface area contributed by atoms with Crippen molar-refractivity contribution in [1.29, 1.82) is 0 Å². The molecule has 2 aromatic rings. The number of halogens is 1. The van der Waals surface area contributed by atoms with Crippen LogP contribution in [0.4, 0.5) is 0 Å². The Hall–Kier alpha value is -0.650. The van der Waals surface area contributed by atoms with Crippen molar-refractivity contribution in [2.24, 2.45) is 0 Å². The smallest absolute Gasteiger partial charge is 0.0258 e. The minimum atomic E-state index is -0.350. The van der Waals surface area contributed by atoms with Crippen molar-refractivity contribution < 1.29 is 0 Å². The summed E-state index contributed by atoms with van der Waals surface area (Å²) in [6.45, 7) is 14.2. The van der Waals surface area contributed by atoms with Gasteiger partial charge in [-0.25, -0.2) is 0 Å². The normalized spacial score (nSPS) is 12.7. The molecule has 0 aliphatic rings. The molecule has 0 amide bonds. The first kappa shape index (κ1) is 17.7. The van der Waals surface area contributed by atoms with Gasteiger partial charge in [0.15, 0.2) is 0 Å². The molecule has 0 N–H and O–H groups in total. The summed E-state index contributed by atoms with van der Waals surface area (Å²) in [4.78, 5) is 0. The zero-order valence-corrected chi connectivity index (χ0v) is 16.9. The van der Waals surface area contributed by atoms with Crippen molar-refractivity contribution in [2.45, 2.75) is 51.9 Å². The molecule has 0 bridgehead atoms. The highest BCUT2D eigenvalue weighted by Gasteiger charge is 2.38. The number of hydrogen-bond donors (Lipinski definition) is 0. The highest BCUT2D eigenvalue weighted by molar-refractivity contribution is 9.10. The van der Waals surface area contributed by atoms with E-state index in [1.165, 1.54) is 20.9 Å². The first-order chi connectivity index (χ1) is 10.1. The molecule has 0 saturated carbocycles. The molecule has 0 saturated heterocycles. The van der Waals surface area contributed by atoms with Crippen molar-refractivity contribution in [3.63, 3.8) is 0 Å². The summed E-state index contributed by atoms with van der Waals surface area (Å²) in [7, 11) is -0.350. The van der Waals surface area contributed by atoms with Gasteiger partial charge in [0.25, 0.3) is 0 Å². The van der Waals surface area contributed by atoms with Gasteiger partial charge in [-0.1, -0.05) is 108 Å². The Morgan fingerprint density at radius 3 is 1.77 bits per heavy atom. The quantitative estimate of drug-likeness (QED) is 0.504. The van der Waals surface area contributed by atoms with E-state index < -0.39 is 0 Å². The predicted octanol–water partition coefficient (Wildman–Crippen LogP) is 6.82. The predicted molar refractivity (Wildman–Crippen MR) is 106 cm³/mol. The van der Waals surface area contributed by atoms with Crippen LogP contribution in [0, 0.1) is 0 Å². The van der Waals surface area contributed by atoms with Gasteiger partial charge >= 0.3 is 0 Å². The summed E-state index contributed by atoms with van der Waals surface area (Å²) in [5.41, 5.74) is 2.67. The third-order valence-electron chi connectivity index (χ3n) is 3.64. The second-order valence-electron chi connectivity index (χ2n) is 7.68. The highest BCUT2D eigenvalue weighted by Crippen LogP contribution is 2.60. The molecule has 0 atom stereocenters. The Morgan fingerprint density at radius 2 is 1.27 bits per heavy atom. The van der Waals surface area contributed by atoms with Crippen LogP contribution in [0.3, 0.4) is 0 Å². The monoisotopic (exact) mass is 376 g/mol. The molecule has 0 aromatic heterocycles. The molecule has 0 nitrogen and oxygen atoms in total. The largest absolute Gasteiger partial charge is 0.0624 e.